The summed E-state index contributed by atoms with van der Waals surface area (Å²) in [6.07, 6.45) is 1.43. The largest absolute Gasteiger partial charge is 0.496 e. The Labute approximate surface area is 322 Å². The summed E-state index contributed by atoms with van der Waals surface area (Å²) in [6.45, 7) is 0. The van der Waals surface area contributed by atoms with Gasteiger partial charge < -0.3 is 30.2 Å². The highest BCUT2D eigenvalue weighted by molar-refractivity contribution is 8.00. The number of methoxy groups -OCH3 is 3. The molecule has 0 radical (unpaired) electrons. The second-order valence-electron chi connectivity index (χ2n) is 12.0. The predicted octanol–water partition coefficient (Wildman–Crippen LogP) is 6.82. The molecule has 5 aromatic carbocycles. The fourth-order valence-electron chi connectivity index (χ4n) is 5.62. The lowest BCUT2D eigenvalue weighted by Crippen LogP contribution is -2.33. The Morgan fingerprint density at radius 2 is 1.38 bits per heavy atom. The summed E-state index contributed by atoms with van der Waals surface area (Å²) in [5.74, 6) is -0.310. The number of amidine groups is 1. The molecule has 0 aromatic heterocycles. The van der Waals surface area contributed by atoms with E-state index in [0.717, 1.165) is 5.56 Å². The van der Waals surface area contributed by atoms with Crippen molar-refractivity contribution in [2.24, 2.45) is 5.10 Å². The molecule has 1 atom stereocenters. The molecule has 1 unspecified atom stereocenters. The molecule has 13 heteroatoms. The molecule has 6 rings (SSSR count). The number of carbonyl (C=O) groups excluding carboxylic acids is 4. The molecule has 1 heterocycles. The molecular weight excluding hydrogens is 719 g/mol. The van der Waals surface area contributed by atoms with E-state index < -0.39 is 17.1 Å². The minimum Gasteiger partial charge on any atom is -0.496 e. The van der Waals surface area contributed by atoms with Gasteiger partial charge in [0.1, 0.15) is 22.5 Å². The number of benzene rings is 5. The molecule has 4 amide bonds. The maximum absolute atomic E-state index is 14.0. The number of ether oxygens (including phenoxy) is 3. The van der Waals surface area contributed by atoms with E-state index in [0.29, 0.717) is 44.6 Å². The van der Waals surface area contributed by atoms with Crippen molar-refractivity contribution in [3.05, 3.63) is 150 Å². The lowest BCUT2D eigenvalue weighted by atomic mass is 10.1. The van der Waals surface area contributed by atoms with E-state index in [2.05, 4.69) is 21.1 Å². The van der Waals surface area contributed by atoms with Crippen LogP contribution in [0.5, 0.6) is 17.2 Å². The van der Waals surface area contributed by atoms with Crippen LogP contribution in [0.4, 0.5) is 11.4 Å². The van der Waals surface area contributed by atoms with E-state index in [1.165, 1.54) is 44.2 Å². The zero-order valence-corrected chi connectivity index (χ0v) is 31.0. The van der Waals surface area contributed by atoms with Gasteiger partial charge in [-0.25, -0.2) is 0 Å². The molecule has 55 heavy (non-hydrogen) atoms. The number of para-hydroxylation sites is 1. The summed E-state index contributed by atoms with van der Waals surface area (Å²) in [5, 5.41) is 13.4. The highest BCUT2D eigenvalue weighted by Gasteiger charge is 2.30. The Morgan fingerprint density at radius 1 is 0.745 bits per heavy atom. The minimum atomic E-state index is -0.742. The second-order valence-corrected chi connectivity index (χ2v) is 13.2. The monoisotopic (exact) mass is 755 g/mol. The predicted molar refractivity (Wildman–Crippen MR) is 212 cm³/mol. The third kappa shape index (κ3) is 9.39. The van der Waals surface area contributed by atoms with E-state index in [-0.39, 0.29) is 29.8 Å². The zero-order valence-electron chi connectivity index (χ0n) is 30.1. The number of nitrogens with zero attached hydrogens (tertiary/aromatic N) is 2. The molecule has 0 spiro atoms. The van der Waals surface area contributed by atoms with Gasteiger partial charge >= 0.3 is 0 Å². The van der Waals surface area contributed by atoms with Gasteiger partial charge in [-0.05, 0) is 60.2 Å². The first-order valence-corrected chi connectivity index (χ1v) is 17.9. The number of nitrogens with one attached hydrogen (secondary N) is 3. The van der Waals surface area contributed by atoms with E-state index in [1.807, 2.05) is 42.5 Å². The maximum Gasteiger partial charge on any atom is 0.272 e. The molecule has 0 bridgehead atoms. The standard InChI is InChI=1S/C42H37N5O7S/c1-52-34-25-36(54-3)35(53-2)23-29(34)22-33(44-40(49)28-16-9-5-10-17-28)41(50)43-30-18-13-21-32(24-30)55-39(27-14-7-4-8-15-27)42(51)45-37-26-38(48)47(46-37)31-19-11-6-12-20-31/h4-25,39H,26H2,1-3H3,(H,43,50)(H,44,49)(H,45,46,51)/b33-22+. The van der Waals surface area contributed by atoms with Crippen molar-refractivity contribution in [1.82, 2.24) is 10.6 Å². The van der Waals surface area contributed by atoms with Gasteiger partial charge in [-0.2, -0.15) is 10.1 Å². The summed E-state index contributed by atoms with van der Waals surface area (Å²) < 4.78 is 16.4. The normalized spacial score (nSPS) is 13.0. The van der Waals surface area contributed by atoms with Gasteiger partial charge in [0, 0.05) is 27.8 Å². The Bertz CT molecular complexity index is 2250. The summed E-state index contributed by atoms with van der Waals surface area (Å²) >= 11 is 1.26. The molecule has 0 saturated carbocycles. The van der Waals surface area contributed by atoms with Crippen molar-refractivity contribution in [2.75, 3.05) is 31.7 Å². The Hall–Kier alpha value is -6.86. The van der Waals surface area contributed by atoms with Gasteiger partial charge in [0.15, 0.2) is 11.5 Å². The molecule has 0 aliphatic carbocycles. The quantitative estimate of drug-likeness (QED) is 0.0877. The fourth-order valence-corrected chi connectivity index (χ4v) is 6.71. The summed E-state index contributed by atoms with van der Waals surface area (Å²) in [7, 11) is 4.47. The molecule has 278 valence electrons. The van der Waals surface area contributed by atoms with Gasteiger partial charge in [-0.15, -0.1) is 11.8 Å². The lowest BCUT2D eigenvalue weighted by Gasteiger charge is -2.18. The van der Waals surface area contributed by atoms with Crippen LogP contribution in [-0.2, 0) is 14.4 Å². The molecule has 3 N–H and O–H groups in total. The van der Waals surface area contributed by atoms with Crippen LogP contribution in [0.2, 0.25) is 0 Å². The topological polar surface area (TPSA) is 148 Å². The van der Waals surface area contributed by atoms with Crippen LogP contribution in [0.25, 0.3) is 6.08 Å². The smallest absolute Gasteiger partial charge is 0.272 e. The van der Waals surface area contributed by atoms with Crippen LogP contribution >= 0.6 is 11.8 Å². The van der Waals surface area contributed by atoms with Crippen molar-refractivity contribution < 1.29 is 33.4 Å². The van der Waals surface area contributed by atoms with Crippen LogP contribution in [0.3, 0.4) is 0 Å². The van der Waals surface area contributed by atoms with Gasteiger partial charge in [0.05, 0.1) is 33.4 Å². The first kappa shape index (κ1) is 37.9. The van der Waals surface area contributed by atoms with E-state index in [9.17, 15) is 19.2 Å². The molecule has 12 nitrogen and oxygen atoms in total. The highest BCUT2D eigenvalue weighted by Crippen LogP contribution is 2.38. The van der Waals surface area contributed by atoms with Crippen LogP contribution in [-0.4, -0.2) is 50.8 Å². The fraction of sp³-hybridized carbons (Fsp3) is 0.119. The van der Waals surface area contributed by atoms with Crippen LogP contribution in [0, 0.1) is 0 Å². The number of rotatable bonds is 13. The van der Waals surface area contributed by atoms with Crippen LogP contribution < -0.4 is 35.2 Å². The van der Waals surface area contributed by atoms with Gasteiger partial charge in [-0.3, -0.25) is 19.2 Å². The molecule has 0 saturated heterocycles. The minimum absolute atomic E-state index is 0.0554. The second kappa shape index (κ2) is 17.8. The molecule has 5 aromatic rings. The number of anilines is 2. The number of thioether (sulfide) groups is 1. The first-order valence-electron chi connectivity index (χ1n) is 17.0. The Balaban J connectivity index is 1.25. The average molecular weight is 756 g/mol. The van der Waals surface area contributed by atoms with Crippen molar-refractivity contribution in [3.63, 3.8) is 0 Å². The SMILES string of the molecule is COc1cc(OC)c(OC)cc1/C=C(/NC(=O)c1ccccc1)C(=O)Nc1cccc(SC(C(=O)NC2=NN(c3ccccc3)C(=O)C2)c2ccccc2)c1. The number of hydrazone groups is 1. The van der Waals surface area contributed by atoms with Crippen molar-refractivity contribution in [3.8, 4) is 17.2 Å². The van der Waals surface area contributed by atoms with Gasteiger partial charge in [0.2, 0.25) is 5.91 Å². The number of amides is 4. The Kier molecular flexibility index (Phi) is 12.2. The summed E-state index contributed by atoms with van der Waals surface area (Å²) in [5.41, 5.74) is 2.46. The van der Waals surface area contributed by atoms with Gasteiger partial charge in [0.25, 0.3) is 17.7 Å². The lowest BCUT2D eigenvalue weighted by molar-refractivity contribution is -0.119. The van der Waals surface area contributed by atoms with E-state index in [1.54, 1.807) is 84.9 Å². The summed E-state index contributed by atoms with van der Waals surface area (Å²) in [4.78, 5) is 54.6. The average Bonchev–Trinajstić information content (AvgIpc) is 3.59. The van der Waals surface area contributed by atoms with Crippen molar-refractivity contribution in [1.29, 1.82) is 0 Å². The van der Waals surface area contributed by atoms with Gasteiger partial charge in [-0.1, -0.05) is 72.8 Å². The third-order valence-electron chi connectivity index (χ3n) is 8.29. The first-order chi connectivity index (χ1) is 26.8. The maximum atomic E-state index is 14.0. The number of carbonyl (C=O) groups is 4. The molecular formula is C42H37N5O7S. The van der Waals surface area contributed by atoms with Crippen LogP contribution in [0.15, 0.2) is 143 Å². The molecule has 1 aliphatic rings. The number of hydrogen-bond donors (Lipinski definition) is 3. The van der Waals surface area contributed by atoms with Crippen LogP contribution in [0.1, 0.15) is 33.2 Å². The molecule has 0 fully saturated rings. The van der Waals surface area contributed by atoms with Crippen molar-refractivity contribution >= 4 is 58.7 Å². The third-order valence-corrected chi connectivity index (χ3v) is 9.54. The number of hydrogen-bond acceptors (Lipinski definition) is 9. The van der Waals surface area contributed by atoms with E-state index in [4.69, 9.17) is 14.2 Å². The summed E-state index contributed by atoms with van der Waals surface area (Å²) in [6, 6.07) is 37.0. The van der Waals surface area contributed by atoms with E-state index >= 15 is 0 Å². The highest BCUT2D eigenvalue weighted by atomic mass is 32.2. The van der Waals surface area contributed by atoms with Crippen molar-refractivity contribution in [2.45, 2.75) is 16.6 Å². The molecule has 1 aliphatic heterocycles. The zero-order chi connectivity index (χ0) is 38.7. The Morgan fingerprint density at radius 3 is 2.05 bits per heavy atom.